The van der Waals surface area contributed by atoms with Crippen molar-refractivity contribution in [2.75, 3.05) is 5.32 Å². The lowest BCUT2D eigenvalue weighted by Crippen LogP contribution is -2.42. The molecule has 0 aliphatic carbocycles. The van der Waals surface area contributed by atoms with E-state index in [-0.39, 0.29) is 11.8 Å². The van der Waals surface area contributed by atoms with Crippen LogP contribution in [0.15, 0.2) is 88.8 Å². The maximum Gasteiger partial charge on any atom is 0.259 e. The number of para-hydroxylation sites is 2. The highest BCUT2D eigenvalue weighted by molar-refractivity contribution is 8.15. The molecule has 0 saturated heterocycles. The summed E-state index contributed by atoms with van der Waals surface area (Å²) in [6.07, 6.45) is 0.517. The lowest BCUT2D eigenvalue weighted by atomic mass is 10.1. The molecule has 0 fully saturated rings. The summed E-state index contributed by atoms with van der Waals surface area (Å²) in [7, 11) is 0. The number of thioether (sulfide) groups is 1. The number of nitrogens with one attached hydrogen (secondary N) is 1. The number of nitrogens with zero attached hydrogens (tertiary/aromatic N) is 3. The van der Waals surface area contributed by atoms with Gasteiger partial charge in [0.2, 0.25) is 5.91 Å². The number of rotatable bonds is 5. The molecule has 0 bridgehead atoms. The predicted octanol–water partition coefficient (Wildman–Crippen LogP) is 4.96. The second-order valence-electron chi connectivity index (χ2n) is 8.31. The summed E-state index contributed by atoms with van der Waals surface area (Å²) >= 11 is 1.27. The van der Waals surface area contributed by atoms with Crippen LogP contribution in [-0.4, -0.2) is 39.0 Å². The molecule has 1 N–H and O–H groups in total. The third-order valence-electron chi connectivity index (χ3n) is 5.87. The number of amides is 2. The van der Waals surface area contributed by atoms with Crippen molar-refractivity contribution in [1.82, 2.24) is 4.90 Å². The van der Waals surface area contributed by atoms with Crippen LogP contribution in [-0.2, 0) is 16.0 Å². The van der Waals surface area contributed by atoms with Crippen LogP contribution in [0, 0.1) is 6.92 Å². The van der Waals surface area contributed by atoms with Crippen LogP contribution in [0.4, 0.5) is 11.4 Å². The van der Waals surface area contributed by atoms with E-state index in [4.69, 9.17) is 9.98 Å². The zero-order valence-electron chi connectivity index (χ0n) is 18.9. The predicted molar refractivity (Wildman–Crippen MR) is 138 cm³/mol. The molecule has 34 heavy (non-hydrogen) atoms. The van der Waals surface area contributed by atoms with Crippen molar-refractivity contribution in [1.29, 1.82) is 0 Å². The Morgan fingerprint density at radius 1 is 1.03 bits per heavy atom. The smallest absolute Gasteiger partial charge is 0.259 e. The standard InChI is InChI=1S/C27H24N4O2S/c1-17-10-6-8-14-21(17)29-25(32)18(2)34-27-30-22-15-9-7-13-20(22)24-28-23(26(33)31(24)27)16-19-11-4-3-5-12-19/h3-15,18,23H,16H2,1-2H3,(H,29,32). The highest BCUT2D eigenvalue weighted by atomic mass is 32.2. The first-order valence-corrected chi connectivity index (χ1v) is 12.1. The van der Waals surface area contributed by atoms with Gasteiger partial charge in [-0.05, 0) is 43.2 Å². The Morgan fingerprint density at radius 3 is 2.53 bits per heavy atom. The van der Waals surface area contributed by atoms with Crippen molar-refractivity contribution in [2.24, 2.45) is 9.98 Å². The summed E-state index contributed by atoms with van der Waals surface area (Å²) in [5.74, 6) is 0.337. The van der Waals surface area contributed by atoms with E-state index in [1.807, 2.05) is 92.7 Å². The van der Waals surface area contributed by atoms with E-state index in [1.54, 1.807) is 4.90 Å². The van der Waals surface area contributed by atoms with Gasteiger partial charge in [-0.3, -0.25) is 14.6 Å². The Bertz CT molecular complexity index is 1320. The average Bonchev–Trinajstić information content (AvgIpc) is 3.17. The fraction of sp³-hybridized carbons (Fsp3) is 0.185. The molecule has 3 aromatic carbocycles. The molecule has 2 aliphatic rings. The second-order valence-corrected chi connectivity index (χ2v) is 9.62. The molecule has 2 amide bonds. The number of carbonyl (C=O) groups is 2. The Labute approximate surface area is 202 Å². The van der Waals surface area contributed by atoms with Crippen molar-refractivity contribution >= 4 is 46.0 Å². The largest absolute Gasteiger partial charge is 0.325 e. The topological polar surface area (TPSA) is 74.1 Å². The zero-order valence-corrected chi connectivity index (χ0v) is 19.8. The summed E-state index contributed by atoms with van der Waals surface area (Å²) in [5.41, 5.74) is 4.39. The van der Waals surface area contributed by atoms with Crippen LogP contribution in [0.2, 0.25) is 0 Å². The first kappa shape index (κ1) is 22.1. The molecule has 0 saturated carbocycles. The van der Waals surface area contributed by atoms with E-state index in [2.05, 4.69) is 5.32 Å². The van der Waals surface area contributed by atoms with Gasteiger partial charge in [-0.1, -0.05) is 72.4 Å². The summed E-state index contributed by atoms with van der Waals surface area (Å²) in [4.78, 5) is 37.6. The van der Waals surface area contributed by atoms with Gasteiger partial charge in [0.1, 0.15) is 11.9 Å². The number of hydrogen-bond acceptors (Lipinski definition) is 5. The van der Waals surface area contributed by atoms with Gasteiger partial charge in [-0.15, -0.1) is 0 Å². The van der Waals surface area contributed by atoms with Crippen LogP contribution < -0.4 is 5.32 Å². The molecule has 0 aromatic heterocycles. The summed E-state index contributed by atoms with van der Waals surface area (Å²) < 4.78 is 0. The SMILES string of the molecule is Cc1ccccc1NC(=O)C(C)SC1=Nc2ccccc2C2=NC(Cc3ccccc3)C(=O)N12. The van der Waals surface area contributed by atoms with Crippen LogP contribution in [0.5, 0.6) is 0 Å². The summed E-state index contributed by atoms with van der Waals surface area (Å²) in [6, 6.07) is 24.7. The number of carbonyl (C=O) groups excluding carboxylic acids is 2. The van der Waals surface area contributed by atoms with Gasteiger partial charge in [-0.2, -0.15) is 0 Å². The van der Waals surface area contributed by atoms with E-state index in [0.717, 1.165) is 28.1 Å². The fourth-order valence-electron chi connectivity index (χ4n) is 4.01. The molecule has 3 aromatic rings. The van der Waals surface area contributed by atoms with Crippen molar-refractivity contribution in [3.8, 4) is 0 Å². The monoisotopic (exact) mass is 468 g/mol. The van der Waals surface area contributed by atoms with Gasteiger partial charge < -0.3 is 5.32 Å². The number of amidine groups is 2. The normalized spacial score (nSPS) is 17.4. The second kappa shape index (κ2) is 9.27. The highest BCUT2D eigenvalue weighted by Gasteiger charge is 2.42. The van der Waals surface area contributed by atoms with Crippen LogP contribution in [0.3, 0.4) is 0 Å². The van der Waals surface area contributed by atoms with Crippen LogP contribution in [0.1, 0.15) is 23.6 Å². The van der Waals surface area contributed by atoms with Crippen LogP contribution >= 0.6 is 11.8 Å². The van der Waals surface area contributed by atoms with Gasteiger partial charge in [0, 0.05) is 17.7 Å². The molecular weight excluding hydrogens is 444 g/mol. The number of aliphatic imine (C=N–C) groups is 2. The molecule has 2 aliphatic heterocycles. The van der Waals surface area contributed by atoms with Crippen molar-refractivity contribution in [2.45, 2.75) is 31.6 Å². The van der Waals surface area contributed by atoms with Crippen molar-refractivity contribution < 1.29 is 9.59 Å². The number of hydrogen-bond donors (Lipinski definition) is 1. The lowest BCUT2D eigenvalue weighted by molar-refractivity contribution is -0.124. The highest BCUT2D eigenvalue weighted by Crippen LogP contribution is 2.35. The van der Waals surface area contributed by atoms with E-state index in [1.165, 1.54) is 11.8 Å². The third kappa shape index (κ3) is 4.26. The van der Waals surface area contributed by atoms with Crippen molar-refractivity contribution in [3.05, 3.63) is 95.6 Å². The van der Waals surface area contributed by atoms with Gasteiger partial charge in [0.15, 0.2) is 5.17 Å². The van der Waals surface area contributed by atoms with E-state index >= 15 is 0 Å². The minimum atomic E-state index is -0.523. The quantitative estimate of drug-likeness (QED) is 0.575. The first-order valence-electron chi connectivity index (χ1n) is 11.2. The molecule has 7 heteroatoms. The molecule has 5 rings (SSSR count). The minimum Gasteiger partial charge on any atom is -0.325 e. The molecule has 0 radical (unpaired) electrons. The molecule has 6 nitrogen and oxygen atoms in total. The van der Waals surface area contributed by atoms with E-state index in [0.29, 0.717) is 17.4 Å². The zero-order chi connectivity index (χ0) is 23.7. The van der Waals surface area contributed by atoms with Gasteiger partial charge >= 0.3 is 0 Å². The van der Waals surface area contributed by atoms with Gasteiger partial charge in [0.05, 0.1) is 10.9 Å². The molecule has 2 unspecified atom stereocenters. The molecule has 2 atom stereocenters. The number of anilines is 1. The number of aryl methyl sites for hydroxylation is 1. The van der Waals surface area contributed by atoms with Gasteiger partial charge in [0.25, 0.3) is 5.91 Å². The van der Waals surface area contributed by atoms with E-state index < -0.39 is 11.3 Å². The lowest BCUT2D eigenvalue weighted by Gasteiger charge is -2.27. The minimum absolute atomic E-state index is 0.119. The Kier molecular flexibility index (Phi) is 6.02. The molecule has 170 valence electrons. The fourth-order valence-corrected chi connectivity index (χ4v) is 4.93. The first-order chi connectivity index (χ1) is 16.5. The Balaban J connectivity index is 1.41. The van der Waals surface area contributed by atoms with Gasteiger partial charge in [-0.25, -0.2) is 9.89 Å². The summed E-state index contributed by atoms with van der Waals surface area (Å²) in [5, 5.41) is 2.99. The average molecular weight is 469 g/mol. The number of benzene rings is 3. The number of fused-ring (bicyclic) bond motifs is 3. The Morgan fingerprint density at radius 2 is 1.74 bits per heavy atom. The van der Waals surface area contributed by atoms with Crippen molar-refractivity contribution in [3.63, 3.8) is 0 Å². The molecule has 2 heterocycles. The maximum absolute atomic E-state index is 13.5. The molecule has 0 spiro atoms. The third-order valence-corrected chi connectivity index (χ3v) is 6.93. The van der Waals surface area contributed by atoms with Crippen LogP contribution in [0.25, 0.3) is 0 Å². The molecular formula is C27H24N4O2S. The van der Waals surface area contributed by atoms with E-state index in [9.17, 15) is 9.59 Å². The Hall–Kier alpha value is -3.71. The maximum atomic E-state index is 13.5. The summed E-state index contributed by atoms with van der Waals surface area (Å²) in [6.45, 7) is 3.77.